The number of nitrogens with one attached hydrogen (secondary N) is 1. The number of carboxylic acids is 1. The number of amides is 1. The van der Waals surface area contributed by atoms with Crippen LogP contribution < -0.4 is 5.32 Å². The van der Waals surface area contributed by atoms with Gasteiger partial charge in [0.2, 0.25) is 0 Å². The lowest BCUT2D eigenvalue weighted by Crippen LogP contribution is -2.59. The largest absolute Gasteiger partial charge is 0.480 e. The number of aromatic nitrogens is 3. The quantitative estimate of drug-likeness (QED) is 0.883. The fourth-order valence-corrected chi connectivity index (χ4v) is 2.27. The molecule has 2 N–H and O–H groups in total. The normalized spacial score (nSPS) is 15.9. The molecule has 1 saturated carbocycles. The first-order chi connectivity index (χ1) is 10.5. The molecule has 1 fully saturated rings. The van der Waals surface area contributed by atoms with Crippen LogP contribution in [0.15, 0.2) is 30.5 Å². The second-order valence-electron chi connectivity index (χ2n) is 5.19. The molecule has 0 aliphatic heterocycles. The maximum atomic E-state index is 12.9. The maximum Gasteiger partial charge on any atom is 0.329 e. The number of carbonyl (C=O) groups is 2. The minimum absolute atomic E-state index is 0.0110. The number of nitrogens with zero attached hydrogens (tertiary/aromatic N) is 3. The van der Waals surface area contributed by atoms with Crippen molar-refractivity contribution in [2.45, 2.75) is 24.8 Å². The van der Waals surface area contributed by atoms with Crippen molar-refractivity contribution in [3.8, 4) is 5.69 Å². The molecule has 0 saturated heterocycles. The molecule has 1 heterocycles. The van der Waals surface area contributed by atoms with Gasteiger partial charge in [0.05, 0.1) is 11.9 Å². The Labute approximate surface area is 124 Å². The minimum Gasteiger partial charge on any atom is -0.480 e. The molecule has 7 nitrogen and oxygen atoms in total. The van der Waals surface area contributed by atoms with Gasteiger partial charge in [-0.05, 0) is 43.5 Å². The molecular formula is C14H13FN4O3. The van der Waals surface area contributed by atoms with Crippen molar-refractivity contribution in [1.82, 2.24) is 20.3 Å². The van der Waals surface area contributed by atoms with Gasteiger partial charge in [0.25, 0.3) is 5.91 Å². The van der Waals surface area contributed by atoms with Crippen LogP contribution in [0.1, 0.15) is 29.8 Å². The SMILES string of the molecule is O=C(NC1(C(=O)O)CCC1)c1cnn(-c2ccc(F)cc2)n1. The van der Waals surface area contributed by atoms with Crippen LogP contribution in [0.4, 0.5) is 4.39 Å². The smallest absolute Gasteiger partial charge is 0.329 e. The number of hydrogen-bond acceptors (Lipinski definition) is 4. The lowest BCUT2D eigenvalue weighted by atomic mass is 9.76. The van der Waals surface area contributed by atoms with Gasteiger partial charge in [-0.1, -0.05) is 0 Å². The Bertz CT molecular complexity index is 722. The number of carbonyl (C=O) groups excluding carboxylic acids is 1. The number of aliphatic carboxylic acids is 1. The minimum atomic E-state index is -1.20. The Kier molecular flexibility index (Phi) is 3.36. The highest BCUT2D eigenvalue weighted by atomic mass is 19.1. The molecule has 1 aliphatic rings. The molecule has 0 atom stereocenters. The van der Waals surface area contributed by atoms with Crippen LogP contribution >= 0.6 is 0 Å². The molecule has 0 bridgehead atoms. The summed E-state index contributed by atoms with van der Waals surface area (Å²) < 4.78 is 12.9. The fourth-order valence-electron chi connectivity index (χ4n) is 2.27. The molecular weight excluding hydrogens is 291 g/mol. The van der Waals surface area contributed by atoms with E-state index in [0.29, 0.717) is 18.5 Å². The van der Waals surface area contributed by atoms with Crippen LogP contribution in [-0.4, -0.2) is 37.5 Å². The Balaban J connectivity index is 1.77. The number of rotatable bonds is 4. The zero-order valence-corrected chi connectivity index (χ0v) is 11.5. The highest BCUT2D eigenvalue weighted by Crippen LogP contribution is 2.32. The van der Waals surface area contributed by atoms with E-state index in [1.165, 1.54) is 35.3 Å². The van der Waals surface area contributed by atoms with Gasteiger partial charge in [-0.3, -0.25) is 4.79 Å². The highest BCUT2D eigenvalue weighted by Gasteiger charge is 2.46. The molecule has 0 spiro atoms. The summed E-state index contributed by atoms with van der Waals surface area (Å²) in [5, 5.41) is 19.6. The standard InChI is InChI=1S/C14H13FN4O3/c15-9-2-4-10(5-3-9)19-16-8-11(18-19)12(20)17-14(13(21)22)6-1-7-14/h2-5,8H,1,6-7H2,(H,17,20)(H,21,22). The average molecular weight is 304 g/mol. The third-order valence-corrected chi connectivity index (χ3v) is 3.75. The summed E-state index contributed by atoms with van der Waals surface area (Å²) in [5.41, 5.74) is -0.689. The van der Waals surface area contributed by atoms with Gasteiger partial charge in [0.15, 0.2) is 5.69 Å². The topological polar surface area (TPSA) is 97.1 Å². The van der Waals surface area contributed by atoms with Crippen LogP contribution in [0.2, 0.25) is 0 Å². The first-order valence-corrected chi connectivity index (χ1v) is 6.74. The zero-order valence-electron chi connectivity index (χ0n) is 11.5. The number of carboxylic acid groups (broad SMARTS) is 1. The molecule has 1 aliphatic carbocycles. The molecule has 0 unspecified atom stereocenters. The van der Waals surface area contributed by atoms with Crippen molar-refractivity contribution in [1.29, 1.82) is 0 Å². The Morgan fingerprint density at radius 1 is 1.27 bits per heavy atom. The average Bonchev–Trinajstić information content (AvgIpc) is 2.93. The van der Waals surface area contributed by atoms with E-state index in [4.69, 9.17) is 0 Å². The summed E-state index contributed by atoms with van der Waals surface area (Å²) in [6.45, 7) is 0. The van der Waals surface area contributed by atoms with E-state index in [9.17, 15) is 19.1 Å². The van der Waals surface area contributed by atoms with E-state index < -0.39 is 17.4 Å². The molecule has 3 rings (SSSR count). The van der Waals surface area contributed by atoms with Crippen LogP contribution in [0.3, 0.4) is 0 Å². The van der Waals surface area contributed by atoms with Crippen molar-refractivity contribution < 1.29 is 19.1 Å². The van der Waals surface area contributed by atoms with Gasteiger partial charge in [0.1, 0.15) is 11.4 Å². The molecule has 1 amide bonds. The molecule has 1 aromatic carbocycles. The van der Waals surface area contributed by atoms with Crippen molar-refractivity contribution >= 4 is 11.9 Å². The summed E-state index contributed by atoms with van der Waals surface area (Å²) in [6, 6.07) is 5.46. The lowest BCUT2D eigenvalue weighted by Gasteiger charge is -2.37. The third-order valence-electron chi connectivity index (χ3n) is 3.75. The van der Waals surface area contributed by atoms with Crippen LogP contribution in [0.25, 0.3) is 5.69 Å². The van der Waals surface area contributed by atoms with Crippen LogP contribution in [0.5, 0.6) is 0 Å². The summed E-state index contributed by atoms with van der Waals surface area (Å²) in [7, 11) is 0. The summed E-state index contributed by atoms with van der Waals surface area (Å²) in [6.07, 6.45) is 2.81. The molecule has 114 valence electrons. The lowest BCUT2D eigenvalue weighted by molar-refractivity contribution is -0.148. The first kappa shape index (κ1) is 14.2. The van der Waals surface area contributed by atoms with Gasteiger partial charge in [-0.25, -0.2) is 9.18 Å². The summed E-state index contributed by atoms with van der Waals surface area (Å²) >= 11 is 0. The number of halogens is 1. The summed E-state index contributed by atoms with van der Waals surface area (Å²) in [5.74, 6) is -2.02. The molecule has 8 heteroatoms. The fraction of sp³-hybridized carbons (Fsp3) is 0.286. The molecule has 2 aromatic rings. The number of benzene rings is 1. The van der Waals surface area contributed by atoms with Gasteiger partial charge in [-0.2, -0.15) is 9.90 Å². The zero-order chi connectivity index (χ0) is 15.7. The second kappa shape index (κ2) is 5.21. The Hall–Kier alpha value is -2.77. The van der Waals surface area contributed by atoms with Gasteiger partial charge < -0.3 is 10.4 Å². The molecule has 1 aromatic heterocycles. The van der Waals surface area contributed by atoms with Crippen LogP contribution in [0, 0.1) is 5.82 Å². The van der Waals surface area contributed by atoms with E-state index in [1.807, 2.05) is 0 Å². The monoisotopic (exact) mass is 304 g/mol. The Morgan fingerprint density at radius 2 is 1.95 bits per heavy atom. The van der Waals surface area contributed by atoms with Gasteiger partial charge in [0, 0.05) is 0 Å². The van der Waals surface area contributed by atoms with Crippen molar-refractivity contribution in [2.75, 3.05) is 0 Å². The van der Waals surface area contributed by atoms with E-state index in [2.05, 4.69) is 15.5 Å². The van der Waals surface area contributed by atoms with Gasteiger partial charge in [-0.15, -0.1) is 5.10 Å². The van der Waals surface area contributed by atoms with Crippen molar-refractivity contribution in [2.24, 2.45) is 0 Å². The maximum absolute atomic E-state index is 12.9. The third kappa shape index (κ3) is 2.43. The first-order valence-electron chi connectivity index (χ1n) is 6.74. The van der Waals surface area contributed by atoms with Crippen molar-refractivity contribution in [3.63, 3.8) is 0 Å². The second-order valence-corrected chi connectivity index (χ2v) is 5.19. The Morgan fingerprint density at radius 3 is 2.50 bits per heavy atom. The van der Waals surface area contributed by atoms with Crippen LogP contribution in [-0.2, 0) is 4.79 Å². The predicted octanol–water partition coefficient (Wildman–Crippen LogP) is 1.14. The molecule has 0 radical (unpaired) electrons. The van der Waals surface area contributed by atoms with E-state index in [1.54, 1.807) is 0 Å². The molecule has 22 heavy (non-hydrogen) atoms. The van der Waals surface area contributed by atoms with E-state index >= 15 is 0 Å². The van der Waals surface area contributed by atoms with E-state index in [-0.39, 0.29) is 11.5 Å². The number of hydrogen-bond donors (Lipinski definition) is 2. The predicted molar refractivity (Wildman–Crippen MR) is 73.0 cm³/mol. The summed E-state index contributed by atoms with van der Waals surface area (Å²) in [4.78, 5) is 24.5. The highest BCUT2D eigenvalue weighted by molar-refractivity contribution is 5.96. The van der Waals surface area contributed by atoms with E-state index in [0.717, 1.165) is 6.42 Å². The van der Waals surface area contributed by atoms with Crippen molar-refractivity contribution in [3.05, 3.63) is 42.0 Å². The van der Waals surface area contributed by atoms with Gasteiger partial charge >= 0.3 is 5.97 Å².